The zero-order chi connectivity index (χ0) is 61.6. The third kappa shape index (κ3) is 4.85. The lowest BCUT2D eigenvalue weighted by Crippen LogP contribution is -2.11. The Kier molecular flexibility index (Phi) is 2.76. The first-order chi connectivity index (χ1) is 38.6. The van der Waals surface area contributed by atoms with Crippen LogP contribution in [0.5, 0.6) is 0 Å². The minimum absolute atomic E-state index is 0.371. The van der Waals surface area contributed by atoms with Crippen LogP contribution in [0.3, 0.4) is 0 Å². The van der Waals surface area contributed by atoms with Crippen LogP contribution in [0.4, 0.5) is 17.1 Å². The summed E-state index contributed by atoms with van der Waals surface area (Å²) in [5.74, 6) is 0. The molecule has 0 unspecified atom stereocenters. The molecular formula is C48H32N2S. The number of aromatic nitrogens is 1. The third-order valence-electron chi connectivity index (χ3n) is 7.80. The number of benzene rings is 8. The monoisotopic (exact) mass is 700 g/mol. The third-order valence-corrected chi connectivity index (χ3v) is 8.92. The average Bonchev–Trinajstić information content (AvgIpc) is 1.72. The van der Waals surface area contributed by atoms with Gasteiger partial charge in [0.2, 0.25) is 0 Å². The molecule has 10 aromatic rings. The topological polar surface area (TPSA) is 8.17 Å². The van der Waals surface area contributed by atoms with Crippen molar-refractivity contribution in [2.75, 3.05) is 4.90 Å². The van der Waals surface area contributed by atoms with Gasteiger partial charge in [-0.1, -0.05) is 139 Å². The first-order valence-corrected chi connectivity index (χ1v) is 15.6. The Labute approximate surface area is 345 Å². The van der Waals surface area contributed by atoms with Gasteiger partial charge in [0, 0.05) is 53.4 Å². The van der Waals surface area contributed by atoms with Crippen LogP contribution in [0.25, 0.3) is 69.9 Å². The lowest BCUT2D eigenvalue weighted by Gasteiger charge is -2.29. The molecule has 0 aliphatic rings. The van der Waals surface area contributed by atoms with E-state index in [1.165, 1.54) is 0 Å². The molecule has 2 nitrogen and oxygen atoms in total. The highest BCUT2D eigenvalue weighted by Gasteiger charge is 2.24. The van der Waals surface area contributed by atoms with E-state index in [-0.39, 0.29) is 4.70 Å². The predicted octanol–water partition coefficient (Wildman–Crippen LogP) is 14.0. The lowest BCUT2D eigenvalue weighted by atomic mass is 9.97. The molecule has 2 heterocycles. The van der Waals surface area contributed by atoms with E-state index in [1.54, 1.807) is 0 Å². The number of nitrogens with zero attached hydrogens (tertiary/aromatic N) is 2. The molecule has 0 bridgehead atoms. The predicted molar refractivity (Wildman–Crippen MR) is 219 cm³/mol. The van der Waals surface area contributed by atoms with Crippen LogP contribution in [0, 0.1) is 0 Å². The summed E-state index contributed by atoms with van der Waals surface area (Å²) in [6.45, 7) is 0. The summed E-state index contributed by atoms with van der Waals surface area (Å²) < 4.78 is 291. The fraction of sp³-hybridized carbons (Fsp3) is 0. The Balaban J connectivity index is 1.57. The van der Waals surface area contributed by atoms with Crippen molar-refractivity contribution in [2.45, 2.75) is 0 Å². The van der Waals surface area contributed by atoms with Gasteiger partial charge < -0.3 is 9.47 Å². The second kappa shape index (κ2) is 12.2. The summed E-state index contributed by atoms with van der Waals surface area (Å²) in [7, 11) is 0. The van der Waals surface area contributed by atoms with Gasteiger partial charge >= 0.3 is 0 Å². The van der Waals surface area contributed by atoms with E-state index in [0.29, 0.717) is 20.8 Å². The number of hydrogen-bond donors (Lipinski definition) is 0. The first-order valence-electron chi connectivity index (χ1n) is 30.7. The lowest BCUT2D eigenvalue weighted by molar-refractivity contribution is 1.18. The largest absolute Gasteiger partial charge is 0.310 e. The van der Waals surface area contributed by atoms with Crippen molar-refractivity contribution in [3.8, 4) is 27.9 Å². The minimum atomic E-state index is -1.31. The quantitative estimate of drug-likeness (QED) is 0.168. The van der Waals surface area contributed by atoms with Gasteiger partial charge in [0.05, 0.1) is 66.3 Å². The van der Waals surface area contributed by atoms with Crippen LogP contribution in [0.1, 0.15) is 43.9 Å². The summed E-state index contributed by atoms with van der Waals surface area (Å²) in [5.41, 5.74) is -9.65. The highest BCUT2D eigenvalue weighted by Crippen LogP contribution is 2.50. The van der Waals surface area contributed by atoms with Crippen molar-refractivity contribution in [2.24, 2.45) is 0 Å². The molecule has 0 fully saturated rings. The van der Waals surface area contributed by atoms with E-state index < -0.39 is 276 Å². The van der Waals surface area contributed by atoms with Gasteiger partial charge in [-0.15, -0.1) is 11.3 Å². The standard InChI is InChI=1S/C48H32N2S/c1-3-15-33(16-4-1)34-27-29-36(30-28-34)49(35-17-5-2-6-18-35)45-32-31-40-39-21-10-14-26-46(39)51-48(40)47(45)41-22-9-13-25-44(41)50-42-23-11-7-19-37(42)38-20-8-12-24-43(38)50/h1-32H/i1D,2D,3D,4D,5D,6D,7D,8D,9D,10D,11D,12D,13D,14D,15D,16D,17D,18D,19D,20D,21D,22D,23D,24D,25D,26D,27D,28D,29D,30D,31D,32D. The Hall–Kier alpha value is -6.42. The zero-order valence-electron chi connectivity index (χ0n) is 57.3. The van der Waals surface area contributed by atoms with Crippen molar-refractivity contribution < 1.29 is 43.9 Å². The maximum absolute atomic E-state index is 10.1. The molecule has 0 aliphatic heterocycles. The maximum Gasteiger partial charge on any atom is 0.0645 e. The average molecular weight is 701 g/mol. The highest BCUT2D eigenvalue weighted by molar-refractivity contribution is 7.26. The second-order valence-corrected chi connectivity index (χ2v) is 11.5. The van der Waals surface area contributed by atoms with Gasteiger partial charge in [-0.3, -0.25) is 0 Å². The minimum Gasteiger partial charge on any atom is -0.310 e. The van der Waals surface area contributed by atoms with Crippen LogP contribution in [-0.2, 0) is 0 Å². The SMILES string of the molecule is [2H]c1c([2H])c([2H])c(-c2c([2H])c([2H])c(N(c3c([2H])c([2H])c([2H])c([2H])c3[2H])c3c([2H])c([2H])c4c(sc5c([2H])c([2H])c([2H])c([2H])c54)c3-c3c([2H])c([2H])c([2H])c([2H])c3-n3c4c([2H])c([2H])c([2H])c([2H])c4c4c([2H])c([2H])c([2H])c([2H])c43)c([2H])c2[2H])c([2H])c1[2H]. The number of anilines is 3. The number of rotatable bonds is 6. The molecule has 2 aromatic heterocycles. The molecular weight excluding hydrogens is 637 g/mol. The van der Waals surface area contributed by atoms with Crippen LogP contribution < -0.4 is 4.90 Å². The van der Waals surface area contributed by atoms with E-state index in [2.05, 4.69) is 0 Å². The molecule has 240 valence electrons. The number of fused-ring (bicyclic) bond motifs is 6. The number of hydrogen-bond acceptors (Lipinski definition) is 2. The van der Waals surface area contributed by atoms with Crippen LogP contribution in [-0.4, -0.2) is 4.57 Å². The van der Waals surface area contributed by atoms with Crippen molar-refractivity contribution in [1.29, 1.82) is 0 Å². The van der Waals surface area contributed by atoms with E-state index in [0.717, 1.165) is 0 Å². The molecule has 0 atom stereocenters. The second-order valence-electron chi connectivity index (χ2n) is 10.5. The van der Waals surface area contributed by atoms with E-state index >= 15 is 0 Å². The Morgan fingerprint density at radius 1 is 0.431 bits per heavy atom. The van der Waals surface area contributed by atoms with Gasteiger partial charge in [-0.05, 0) is 65.5 Å². The molecule has 0 radical (unpaired) electrons. The van der Waals surface area contributed by atoms with Gasteiger partial charge in [0.1, 0.15) is 0 Å². The van der Waals surface area contributed by atoms with Crippen LogP contribution in [0.2, 0.25) is 0 Å². The summed E-state index contributed by atoms with van der Waals surface area (Å²) in [4.78, 5) is 0.371. The van der Waals surface area contributed by atoms with E-state index in [9.17, 15) is 17.8 Å². The van der Waals surface area contributed by atoms with Crippen LogP contribution in [0.15, 0.2) is 193 Å². The number of thiophene rings is 1. The molecule has 0 spiro atoms. The molecule has 0 saturated carbocycles. The van der Waals surface area contributed by atoms with Crippen LogP contribution >= 0.6 is 11.3 Å². The number of para-hydroxylation sites is 4. The fourth-order valence-corrected chi connectivity index (χ4v) is 6.83. The smallest absolute Gasteiger partial charge is 0.0645 e. The van der Waals surface area contributed by atoms with Crippen molar-refractivity contribution in [1.82, 2.24) is 4.57 Å². The van der Waals surface area contributed by atoms with Gasteiger partial charge in [0.25, 0.3) is 0 Å². The molecule has 0 N–H and O–H groups in total. The summed E-state index contributed by atoms with van der Waals surface area (Å²) in [6, 6.07) is -33.6. The van der Waals surface area contributed by atoms with Crippen molar-refractivity contribution in [3.63, 3.8) is 0 Å². The van der Waals surface area contributed by atoms with Gasteiger partial charge in [0.15, 0.2) is 0 Å². The highest BCUT2D eigenvalue weighted by atomic mass is 32.1. The Bertz CT molecular complexity index is 4550. The fourth-order valence-electron chi connectivity index (χ4n) is 5.71. The molecule has 3 heteroatoms. The Morgan fingerprint density at radius 3 is 1.71 bits per heavy atom. The zero-order valence-corrected chi connectivity index (χ0v) is 26.1. The van der Waals surface area contributed by atoms with Gasteiger partial charge in [-0.25, -0.2) is 0 Å². The van der Waals surface area contributed by atoms with E-state index in [1.807, 2.05) is 0 Å². The first kappa shape index (κ1) is 11.6. The normalized spacial score (nSPS) is 20.3. The molecule has 8 aromatic carbocycles. The Morgan fingerprint density at radius 2 is 0.980 bits per heavy atom. The molecule has 0 amide bonds. The molecule has 0 aliphatic carbocycles. The summed E-state index contributed by atoms with van der Waals surface area (Å²) in [6.07, 6.45) is 0. The molecule has 0 saturated heterocycles. The molecule has 10 rings (SSSR count). The summed E-state index contributed by atoms with van der Waals surface area (Å²) in [5, 5.41) is -2.29. The van der Waals surface area contributed by atoms with Gasteiger partial charge in [-0.2, -0.15) is 0 Å². The van der Waals surface area contributed by atoms with E-state index in [4.69, 9.17) is 26.0 Å². The summed E-state index contributed by atoms with van der Waals surface area (Å²) >= 11 is 0.383. The van der Waals surface area contributed by atoms with Crippen molar-refractivity contribution >= 4 is 70.4 Å². The van der Waals surface area contributed by atoms with Crippen molar-refractivity contribution in [3.05, 3.63) is 193 Å². The maximum atomic E-state index is 10.1. The molecule has 51 heavy (non-hydrogen) atoms.